The second-order valence-corrected chi connectivity index (χ2v) is 8.15. The predicted octanol–water partition coefficient (Wildman–Crippen LogP) is 5.68. The number of hydrogen-bond acceptors (Lipinski definition) is 6. The molecule has 2 aromatic carbocycles. The highest BCUT2D eigenvalue weighted by Gasteiger charge is 2.10. The van der Waals surface area contributed by atoms with Gasteiger partial charge in [-0.3, -0.25) is 4.79 Å². The quantitative estimate of drug-likeness (QED) is 0.306. The van der Waals surface area contributed by atoms with Crippen LogP contribution in [0.5, 0.6) is 5.75 Å². The van der Waals surface area contributed by atoms with Gasteiger partial charge in [-0.15, -0.1) is 10.2 Å². The van der Waals surface area contributed by atoms with Gasteiger partial charge in [0.2, 0.25) is 11.8 Å². The number of anilines is 1. The maximum absolute atomic E-state index is 12.1. The molecule has 0 fully saturated rings. The molecule has 3 rings (SSSR count). The van der Waals surface area contributed by atoms with Crippen molar-refractivity contribution in [3.63, 3.8) is 0 Å². The largest absolute Gasteiger partial charge is 0.492 e. The van der Waals surface area contributed by atoms with E-state index in [1.165, 1.54) is 17.3 Å². The molecule has 1 amide bonds. The van der Waals surface area contributed by atoms with Crippen LogP contribution in [0.25, 0.3) is 0 Å². The number of carbonyl (C=O) groups is 1. The van der Waals surface area contributed by atoms with Crippen LogP contribution in [-0.4, -0.2) is 28.5 Å². The Balaban J connectivity index is 1.37. The Morgan fingerprint density at radius 2 is 1.97 bits per heavy atom. The number of thioether (sulfide) groups is 1. The van der Waals surface area contributed by atoms with Gasteiger partial charge in [-0.2, -0.15) is 0 Å². The Bertz CT molecular complexity index is 980. The summed E-state index contributed by atoms with van der Waals surface area (Å²) in [7, 11) is 0. The van der Waals surface area contributed by atoms with Crippen LogP contribution in [0.4, 0.5) is 5.69 Å². The fraction of sp³-hybridized carbons (Fsp3) is 0.286. The minimum absolute atomic E-state index is 0.128. The summed E-state index contributed by atoms with van der Waals surface area (Å²) < 4.78 is 11.2. The lowest BCUT2D eigenvalue weighted by atomic mass is 10.1. The summed E-state index contributed by atoms with van der Waals surface area (Å²) in [5.41, 5.74) is 1.99. The molecule has 0 unspecified atom stereocenters. The fourth-order valence-corrected chi connectivity index (χ4v) is 3.59. The van der Waals surface area contributed by atoms with E-state index in [-0.39, 0.29) is 11.7 Å². The predicted molar refractivity (Wildman–Crippen MR) is 120 cm³/mol. The first-order valence-electron chi connectivity index (χ1n) is 9.45. The molecule has 0 aliphatic carbocycles. The van der Waals surface area contributed by atoms with Gasteiger partial charge in [-0.1, -0.05) is 54.0 Å². The van der Waals surface area contributed by atoms with Crippen LogP contribution < -0.4 is 10.1 Å². The summed E-state index contributed by atoms with van der Waals surface area (Å²) in [5, 5.41) is 12.2. The second kappa shape index (κ2) is 11.2. The van der Waals surface area contributed by atoms with E-state index in [0.29, 0.717) is 46.4 Å². The van der Waals surface area contributed by atoms with Crippen molar-refractivity contribution in [2.24, 2.45) is 0 Å². The van der Waals surface area contributed by atoms with Crippen molar-refractivity contribution in [2.45, 2.75) is 31.4 Å². The molecule has 0 aliphatic heterocycles. The molecule has 3 aromatic rings. The summed E-state index contributed by atoms with van der Waals surface area (Å²) in [6, 6.07) is 12.9. The standard InChI is InChI=1S/C21H21Cl2N3O3S/c1-2-14-5-8-16(9-6-14)24-19(27)13-30-21-26-25-20(29-21)4-3-11-28-18-10-7-15(22)12-17(18)23/h5-10,12H,2-4,11,13H2,1H3,(H,24,27). The van der Waals surface area contributed by atoms with Gasteiger partial charge in [0.05, 0.1) is 17.4 Å². The average Bonchev–Trinajstić information content (AvgIpc) is 3.19. The van der Waals surface area contributed by atoms with Gasteiger partial charge >= 0.3 is 0 Å². The van der Waals surface area contributed by atoms with Gasteiger partial charge in [0.1, 0.15) is 5.75 Å². The number of amides is 1. The number of ether oxygens (including phenoxy) is 1. The zero-order valence-electron chi connectivity index (χ0n) is 16.4. The maximum atomic E-state index is 12.1. The Morgan fingerprint density at radius 3 is 2.70 bits per heavy atom. The topological polar surface area (TPSA) is 77.2 Å². The molecule has 1 heterocycles. The van der Waals surface area contributed by atoms with Crippen molar-refractivity contribution in [3.8, 4) is 5.75 Å². The van der Waals surface area contributed by atoms with E-state index in [4.69, 9.17) is 32.4 Å². The molecule has 158 valence electrons. The molecule has 0 bridgehead atoms. The van der Waals surface area contributed by atoms with E-state index in [0.717, 1.165) is 12.1 Å². The SMILES string of the molecule is CCc1ccc(NC(=O)CSc2nnc(CCCOc3ccc(Cl)cc3Cl)o2)cc1. The lowest BCUT2D eigenvalue weighted by Gasteiger charge is -2.07. The Hall–Kier alpha value is -2.22. The first kappa shape index (κ1) is 22.5. The molecular weight excluding hydrogens is 445 g/mol. The molecule has 9 heteroatoms. The van der Waals surface area contributed by atoms with Crippen molar-refractivity contribution in [2.75, 3.05) is 17.7 Å². The first-order valence-corrected chi connectivity index (χ1v) is 11.2. The zero-order chi connectivity index (χ0) is 21.3. The highest BCUT2D eigenvalue weighted by molar-refractivity contribution is 7.99. The number of aryl methyl sites for hydroxylation is 2. The number of aromatic nitrogens is 2. The molecule has 0 saturated heterocycles. The van der Waals surface area contributed by atoms with Gasteiger partial charge in [0.15, 0.2) is 0 Å². The summed E-state index contributed by atoms with van der Waals surface area (Å²) in [6.07, 6.45) is 2.21. The molecule has 0 atom stereocenters. The molecule has 0 aliphatic rings. The third-order valence-electron chi connectivity index (χ3n) is 4.11. The zero-order valence-corrected chi connectivity index (χ0v) is 18.7. The van der Waals surface area contributed by atoms with Crippen molar-refractivity contribution < 1.29 is 13.9 Å². The molecule has 0 radical (unpaired) electrons. The van der Waals surface area contributed by atoms with Crippen LogP contribution in [0.2, 0.25) is 10.0 Å². The smallest absolute Gasteiger partial charge is 0.277 e. The third-order valence-corrected chi connectivity index (χ3v) is 5.46. The summed E-state index contributed by atoms with van der Waals surface area (Å²) >= 11 is 13.1. The first-order chi connectivity index (χ1) is 14.5. The van der Waals surface area contributed by atoms with Crippen molar-refractivity contribution in [1.82, 2.24) is 10.2 Å². The number of hydrogen-bond donors (Lipinski definition) is 1. The van der Waals surface area contributed by atoms with Crippen LogP contribution >= 0.6 is 35.0 Å². The number of carbonyl (C=O) groups excluding carboxylic acids is 1. The Morgan fingerprint density at radius 1 is 1.17 bits per heavy atom. The van der Waals surface area contributed by atoms with Gasteiger partial charge in [0, 0.05) is 17.1 Å². The minimum atomic E-state index is -0.128. The van der Waals surface area contributed by atoms with Crippen molar-refractivity contribution >= 4 is 46.6 Å². The molecule has 30 heavy (non-hydrogen) atoms. The summed E-state index contributed by atoms with van der Waals surface area (Å²) in [6.45, 7) is 2.54. The Labute approximate surface area is 189 Å². The van der Waals surface area contributed by atoms with Crippen LogP contribution in [-0.2, 0) is 17.6 Å². The van der Waals surface area contributed by atoms with Crippen LogP contribution in [0.1, 0.15) is 24.8 Å². The van der Waals surface area contributed by atoms with Crippen molar-refractivity contribution in [3.05, 3.63) is 64.0 Å². The monoisotopic (exact) mass is 465 g/mol. The van der Waals surface area contributed by atoms with E-state index in [2.05, 4.69) is 22.4 Å². The number of nitrogens with one attached hydrogen (secondary N) is 1. The Kier molecular flexibility index (Phi) is 8.42. The molecule has 0 spiro atoms. The van der Waals surface area contributed by atoms with Crippen LogP contribution in [0.3, 0.4) is 0 Å². The molecule has 1 N–H and O–H groups in total. The highest BCUT2D eigenvalue weighted by Crippen LogP contribution is 2.27. The van der Waals surface area contributed by atoms with Gasteiger partial charge < -0.3 is 14.5 Å². The summed E-state index contributed by atoms with van der Waals surface area (Å²) in [4.78, 5) is 12.1. The van der Waals surface area contributed by atoms with E-state index in [1.807, 2.05) is 24.3 Å². The van der Waals surface area contributed by atoms with E-state index < -0.39 is 0 Å². The average molecular weight is 466 g/mol. The van der Waals surface area contributed by atoms with Gasteiger partial charge in [-0.05, 0) is 48.7 Å². The molecule has 1 aromatic heterocycles. The van der Waals surface area contributed by atoms with E-state index >= 15 is 0 Å². The lowest BCUT2D eigenvalue weighted by Crippen LogP contribution is -2.13. The maximum Gasteiger partial charge on any atom is 0.277 e. The van der Waals surface area contributed by atoms with Crippen LogP contribution in [0, 0.1) is 0 Å². The highest BCUT2D eigenvalue weighted by atomic mass is 35.5. The van der Waals surface area contributed by atoms with Crippen molar-refractivity contribution in [1.29, 1.82) is 0 Å². The number of rotatable bonds is 10. The van der Waals surface area contributed by atoms with Crippen LogP contribution in [0.15, 0.2) is 52.1 Å². The number of nitrogens with zero attached hydrogens (tertiary/aromatic N) is 2. The summed E-state index contributed by atoms with van der Waals surface area (Å²) in [5.74, 6) is 1.14. The van der Waals surface area contributed by atoms with Gasteiger partial charge in [-0.25, -0.2) is 0 Å². The molecule has 6 nitrogen and oxygen atoms in total. The third kappa shape index (κ3) is 6.93. The normalized spacial score (nSPS) is 10.8. The number of benzene rings is 2. The number of halogens is 2. The van der Waals surface area contributed by atoms with E-state index in [9.17, 15) is 4.79 Å². The molecule has 0 saturated carbocycles. The fourth-order valence-electron chi connectivity index (χ4n) is 2.54. The second-order valence-electron chi connectivity index (χ2n) is 6.38. The minimum Gasteiger partial charge on any atom is -0.492 e. The molecular formula is C21H21Cl2N3O3S. The van der Waals surface area contributed by atoms with E-state index in [1.54, 1.807) is 18.2 Å². The van der Waals surface area contributed by atoms with Gasteiger partial charge in [0.25, 0.3) is 5.22 Å². The lowest BCUT2D eigenvalue weighted by molar-refractivity contribution is -0.113.